The second kappa shape index (κ2) is 9.21. The Morgan fingerprint density at radius 1 is 0.800 bits per heavy atom. The Balaban J connectivity index is 1.70. The summed E-state index contributed by atoms with van der Waals surface area (Å²) in [7, 11) is 0. The highest BCUT2D eigenvalue weighted by Crippen LogP contribution is 2.39. The molecule has 0 amide bonds. The standard InChI is InChI=1S/C21H32O4/c1-5-15(4)21(23)25-19-12-8-17(9-13-19)16-6-10-18(11-7-16)24-20(22)14(2)3/h16-19H,2,4-13H2,1,3H3. The third-order valence-corrected chi connectivity index (χ3v) is 5.72. The Morgan fingerprint density at radius 2 is 1.20 bits per heavy atom. The van der Waals surface area contributed by atoms with Crippen molar-refractivity contribution in [3.63, 3.8) is 0 Å². The van der Waals surface area contributed by atoms with Crippen molar-refractivity contribution < 1.29 is 19.1 Å². The van der Waals surface area contributed by atoms with E-state index in [-0.39, 0.29) is 24.1 Å². The fourth-order valence-corrected chi connectivity index (χ4v) is 3.99. The van der Waals surface area contributed by atoms with Crippen LogP contribution in [0.25, 0.3) is 0 Å². The van der Waals surface area contributed by atoms with Crippen molar-refractivity contribution >= 4 is 11.9 Å². The Kier molecular flexibility index (Phi) is 7.27. The normalized spacial score (nSPS) is 29.5. The minimum absolute atomic E-state index is 0.0535. The minimum atomic E-state index is -0.264. The van der Waals surface area contributed by atoms with Crippen LogP contribution in [0, 0.1) is 11.8 Å². The van der Waals surface area contributed by atoms with Crippen LogP contribution in [0.4, 0.5) is 0 Å². The van der Waals surface area contributed by atoms with E-state index in [1.807, 2.05) is 6.92 Å². The summed E-state index contributed by atoms with van der Waals surface area (Å²) in [5.74, 6) is 0.925. The summed E-state index contributed by atoms with van der Waals surface area (Å²) >= 11 is 0. The molecule has 2 saturated carbocycles. The molecule has 2 aliphatic carbocycles. The van der Waals surface area contributed by atoms with Crippen LogP contribution in [-0.4, -0.2) is 24.1 Å². The summed E-state index contributed by atoms with van der Waals surface area (Å²) in [6.45, 7) is 11.0. The van der Waals surface area contributed by atoms with Crippen LogP contribution >= 0.6 is 0 Å². The van der Waals surface area contributed by atoms with E-state index < -0.39 is 0 Å². The van der Waals surface area contributed by atoms with Crippen LogP contribution < -0.4 is 0 Å². The molecule has 2 fully saturated rings. The van der Waals surface area contributed by atoms with Crippen LogP contribution in [0.3, 0.4) is 0 Å². The van der Waals surface area contributed by atoms with E-state index in [1.165, 1.54) is 0 Å². The van der Waals surface area contributed by atoms with Crippen molar-refractivity contribution in [1.82, 2.24) is 0 Å². The lowest BCUT2D eigenvalue weighted by Crippen LogP contribution is -2.32. The van der Waals surface area contributed by atoms with Crippen LogP contribution in [0.1, 0.15) is 71.6 Å². The van der Waals surface area contributed by atoms with E-state index in [1.54, 1.807) is 6.92 Å². The van der Waals surface area contributed by atoms with Crippen molar-refractivity contribution in [1.29, 1.82) is 0 Å². The van der Waals surface area contributed by atoms with Crippen LogP contribution in [0.5, 0.6) is 0 Å². The number of carbonyl (C=O) groups excluding carboxylic acids is 2. The SMILES string of the molecule is C=C(C)C(=O)OC1CCC(C2CCC(OC(=O)C(=C)CC)CC2)CC1. The van der Waals surface area contributed by atoms with Crippen molar-refractivity contribution in [3.05, 3.63) is 24.3 Å². The van der Waals surface area contributed by atoms with Crippen molar-refractivity contribution in [2.24, 2.45) is 11.8 Å². The highest BCUT2D eigenvalue weighted by Gasteiger charge is 2.33. The molecule has 0 aromatic heterocycles. The average Bonchev–Trinajstić information content (AvgIpc) is 2.62. The third-order valence-electron chi connectivity index (χ3n) is 5.72. The number of rotatable bonds is 6. The summed E-state index contributed by atoms with van der Waals surface area (Å²) in [4.78, 5) is 23.4. The molecule has 0 radical (unpaired) electrons. The second-order valence-electron chi connectivity index (χ2n) is 7.62. The zero-order valence-electron chi connectivity index (χ0n) is 15.7. The highest BCUT2D eigenvalue weighted by molar-refractivity contribution is 5.87. The first-order chi connectivity index (χ1) is 11.9. The molecule has 0 bridgehead atoms. The van der Waals surface area contributed by atoms with Crippen molar-refractivity contribution in [3.8, 4) is 0 Å². The lowest BCUT2D eigenvalue weighted by atomic mass is 9.72. The van der Waals surface area contributed by atoms with E-state index in [2.05, 4.69) is 13.2 Å². The van der Waals surface area contributed by atoms with Gasteiger partial charge in [-0.25, -0.2) is 9.59 Å². The van der Waals surface area contributed by atoms with Crippen LogP contribution in [0.15, 0.2) is 24.3 Å². The van der Waals surface area contributed by atoms with E-state index in [4.69, 9.17) is 9.47 Å². The third kappa shape index (κ3) is 5.72. The van der Waals surface area contributed by atoms with Gasteiger partial charge in [0.05, 0.1) is 0 Å². The molecule has 140 valence electrons. The lowest BCUT2D eigenvalue weighted by molar-refractivity contribution is -0.148. The molecule has 0 aromatic carbocycles. The first-order valence-corrected chi connectivity index (χ1v) is 9.65. The van der Waals surface area contributed by atoms with Gasteiger partial charge in [-0.3, -0.25) is 0 Å². The minimum Gasteiger partial charge on any atom is -0.459 e. The fourth-order valence-electron chi connectivity index (χ4n) is 3.99. The largest absolute Gasteiger partial charge is 0.459 e. The summed E-state index contributed by atoms with van der Waals surface area (Å²) in [6.07, 6.45) is 9.06. The van der Waals surface area contributed by atoms with Gasteiger partial charge in [-0.1, -0.05) is 20.1 Å². The van der Waals surface area contributed by atoms with Gasteiger partial charge in [-0.05, 0) is 76.5 Å². The van der Waals surface area contributed by atoms with Gasteiger partial charge in [0.2, 0.25) is 0 Å². The number of esters is 2. The number of carbonyl (C=O) groups is 2. The summed E-state index contributed by atoms with van der Waals surface area (Å²) in [5, 5.41) is 0. The van der Waals surface area contributed by atoms with E-state index in [0.29, 0.717) is 29.4 Å². The smallest absolute Gasteiger partial charge is 0.333 e. The van der Waals surface area contributed by atoms with Gasteiger partial charge in [0.25, 0.3) is 0 Å². The first-order valence-electron chi connectivity index (χ1n) is 9.65. The van der Waals surface area contributed by atoms with E-state index >= 15 is 0 Å². The molecule has 0 atom stereocenters. The topological polar surface area (TPSA) is 52.6 Å². The molecule has 0 saturated heterocycles. The molecule has 2 rings (SSSR count). The number of hydrogen-bond acceptors (Lipinski definition) is 4. The Morgan fingerprint density at radius 3 is 1.56 bits per heavy atom. The molecular formula is C21H32O4. The Labute approximate surface area is 151 Å². The molecule has 0 unspecified atom stereocenters. The van der Waals surface area contributed by atoms with Crippen LogP contribution in [0.2, 0.25) is 0 Å². The molecule has 25 heavy (non-hydrogen) atoms. The molecule has 0 N–H and O–H groups in total. The van der Waals surface area contributed by atoms with Crippen LogP contribution in [-0.2, 0) is 19.1 Å². The molecule has 4 nitrogen and oxygen atoms in total. The summed E-state index contributed by atoms with van der Waals surface area (Å²) in [5.41, 5.74) is 1.03. The van der Waals surface area contributed by atoms with E-state index in [0.717, 1.165) is 51.4 Å². The number of ether oxygens (including phenoxy) is 2. The summed E-state index contributed by atoms with van der Waals surface area (Å²) < 4.78 is 11.0. The van der Waals surface area contributed by atoms with Crippen molar-refractivity contribution in [2.45, 2.75) is 83.8 Å². The molecule has 4 heteroatoms. The predicted molar refractivity (Wildman–Crippen MR) is 97.9 cm³/mol. The highest BCUT2D eigenvalue weighted by atomic mass is 16.5. The molecule has 2 aliphatic rings. The zero-order valence-corrected chi connectivity index (χ0v) is 15.7. The quantitative estimate of drug-likeness (QED) is 0.514. The van der Waals surface area contributed by atoms with Gasteiger partial charge in [0.15, 0.2) is 0 Å². The monoisotopic (exact) mass is 348 g/mol. The molecule has 0 aromatic rings. The average molecular weight is 348 g/mol. The van der Waals surface area contributed by atoms with Gasteiger partial charge in [-0.15, -0.1) is 0 Å². The first kappa shape index (κ1) is 19.7. The zero-order chi connectivity index (χ0) is 18.4. The van der Waals surface area contributed by atoms with Gasteiger partial charge >= 0.3 is 11.9 Å². The van der Waals surface area contributed by atoms with Gasteiger partial charge in [0, 0.05) is 11.1 Å². The molecular weight excluding hydrogens is 316 g/mol. The summed E-state index contributed by atoms with van der Waals surface area (Å²) in [6, 6.07) is 0. The maximum absolute atomic E-state index is 11.8. The lowest BCUT2D eigenvalue weighted by Gasteiger charge is -2.37. The van der Waals surface area contributed by atoms with Gasteiger partial charge in [0.1, 0.15) is 12.2 Å². The predicted octanol–water partition coefficient (Wildman–Crippen LogP) is 4.73. The number of hydrogen-bond donors (Lipinski definition) is 0. The van der Waals surface area contributed by atoms with E-state index in [9.17, 15) is 9.59 Å². The second-order valence-corrected chi connectivity index (χ2v) is 7.62. The van der Waals surface area contributed by atoms with Gasteiger partial charge in [-0.2, -0.15) is 0 Å². The Bertz CT molecular complexity index is 506. The molecule has 0 heterocycles. The molecule has 0 spiro atoms. The molecule has 0 aliphatic heterocycles. The maximum atomic E-state index is 11.8. The van der Waals surface area contributed by atoms with Gasteiger partial charge < -0.3 is 9.47 Å². The fraction of sp³-hybridized carbons (Fsp3) is 0.714. The maximum Gasteiger partial charge on any atom is 0.333 e. The Hall–Kier alpha value is -1.58. The van der Waals surface area contributed by atoms with Crippen molar-refractivity contribution in [2.75, 3.05) is 0 Å².